The lowest BCUT2D eigenvalue weighted by atomic mass is 9.84. The van der Waals surface area contributed by atoms with Crippen molar-refractivity contribution in [3.05, 3.63) is 23.9 Å². The summed E-state index contributed by atoms with van der Waals surface area (Å²) in [6.45, 7) is 4.16. The molecule has 2 aliphatic rings. The average molecular weight is 331 g/mol. The second kappa shape index (κ2) is 7.51. The van der Waals surface area contributed by atoms with Crippen molar-refractivity contribution in [2.75, 3.05) is 24.5 Å². The summed E-state index contributed by atoms with van der Waals surface area (Å²) >= 11 is 0. The smallest absolute Gasteiger partial charge is 0.223 e. The molecule has 0 unspecified atom stereocenters. The molecule has 1 saturated carbocycles. The van der Waals surface area contributed by atoms with Gasteiger partial charge in [-0.05, 0) is 44.2 Å². The van der Waals surface area contributed by atoms with Crippen molar-refractivity contribution >= 4 is 11.7 Å². The number of rotatable bonds is 4. The molecule has 3 rings (SSSR count). The summed E-state index contributed by atoms with van der Waals surface area (Å²) in [4.78, 5) is 19.1. The molecule has 2 N–H and O–H groups in total. The van der Waals surface area contributed by atoms with E-state index in [0.29, 0.717) is 6.54 Å². The molecule has 132 valence electrons. The lowest BCUT2D eigenvalue weighted by Gasteiger charge is -2.34. The molecule has 24 heavy (non-hydrogen) atoms. The Labute approximate surface area is 144 Å². The van der Waals surface area contributed by atoms with Crippen LogP contribution in [0.1, 0.15) is 50.5 Å². The van der Waals surface area contributed by atoms with Crippen LogP contribution in [-0.2, 0) is 4.79 Å². The van der Waals surface area contributed by atoms with Crippen LogP contribution < -0.4 is 10.2 Å². The topological polar surface area (TPSA) is 65.5 Å². The predicted molar refractivity (Wildman–Crippen MR) is 95.0 cm³/mol. The summed E-state index contributed by atoms with van der Waals surface area (Å²) in [5.74, 6) is 1.15. The first-order chi connectivity index (χ1) is 11.6. The van der Waals surface area contributed by atoms with Crippen molar-refractivity contribution in [3.8, 4) is 0 Å². The SMILES string of the molecule is Cc1ccc(N2CCC(C(=O)NCC3(O)CCCCC3)CC2)nc1. The molecule has 0 bridgehead atoms. The van der Waals surface area contributed by atoms with Gasteiger partial charge in [-0.15, -0.1) is 0 Å². The Morgan fingerprint density at radius 1 is 1.29 bits per heavy atom. The van der Waals surface area contributed by atoms with Crippen LogP contribution in [0.5, 0.6) is 0 Å². The van der Waals surface area contributed by atoms with Gasteiger partial charge in [-0.3, -0.25) is 4.79 Å². The van der Waals surface area contributed by atoms with Crippen LogP contribution >= 0.6 is 0 Å². The number of aromatic nitrogens is 1. The van der Waals surface area contributed by atoms with Gasteiger partial charge in [-0.25, -0.2) is 4.98 Å². The first-order valence-electron chi connectivity index (χ1n) is 9.23. The second-order valence-electron chi connectivity index (χ2n) is 7.46. The van der Waals surface area contributed by atoms with Crippen LogP contribution in [0, 0.1) is 12.8 Å². The number of pyridine rings is 1. The third kappa shape index (κ3) is 4.26. The van der Waals surface area contributed by atoms with Gasteiger partial charge in [0.25, 0.3) is 0 Å². The van der Waals surface area contributed by atoms with Crippen LogP contribution in [-0.4, -0.2) is 41.2 Å². The monoisotopic (exact) mass is 331 g/mol. The van der Waals surface area contributed by atoms with Crippen LogP contribution in [0.15, 0.2) is 18.3 Å². The molecular weight excluding hydrogens is 302 g/mol. The van der Waals surface area contributed by atoms with Crippen molar-refractivity contribution in [2.45, 2.75) is 57.5 Å². The van der Waals surface area contributed by atoms with E-state index in [1.165, 1.54) is 6.42 Å². The van der Waals surface area contributed by atoms with E-state index in [-0.39, 0.29) is 11.8 Å². The summed E-state index contributed by atoms with van der Waals surface area (Å²) in [5, 5.41) is 13.5. The fraction of sp³-hybridized carbons (Fsp3) is 0.684. The molecule has 1 saturated heterocycles. The minimum atomic E-state index is -0.680. The Morgan fingerprint density at radius 2 is 2.00 bits per heavy atom. The number of aliphatic hydroxyl groups is 1. The zero-order chi connectivity index (χ0) is 17.0. The molecule has 5 nitrogen and oxygen atoms in total. The number of carbonyl (C=O) groups is 1. The first kappa shape index (κ1) is 17.2. The van der Waals surface area contributed by atoms with E-state index in [2.05, 4.69) is 21.3 Å². The summed E-state index contributed by atoms with van der Waals surface area (Å²) in [5.41, 5.74) is 0.481. The molecule has 1 aromatic heterocycles. The van der Waals surface area contributed by atoms with Gasteiger partial charge in [-0.2, -0.15) is 0 Å². The zero-order valence-corrected chi connectivity index (χ0v) is 14.6. The number of hydrogen-bond acceptors (Lipinski definition) is 4. The number of nitrogens with one attached hydrogen (secondary N) is 1. The number of nitrogens with zero attached hydrogens (tertiary/aromatic N) is 2. The van der Waals surface area contributed by atoms with Crippen LogP contribution in [0.25, 0.3) is 0 Å². The molecule has 1 aliphatic heterocycles. The minimum absolute atomic E-state index is 0.0545. The molecule has 1 aromatic rings. The Bertz CT molecular complexity index is 544. The van der Waals surface area contributed by atoms with E-state index < -0.39 is 5.60 Å². The van der Waals surface area contributed by atoms with Gasteiger partial charge in [0.2, 0.25) is 5.91 Å². The molecule has 1 amide bonds. The maximum atomic E-state index is 12.4. The van der Waals surface area contributed by atoms with E-state index in [9.17, 15) is 9.90 Å². The number of piperidine rings is 1. The van der Waals surface area contributed by atoms with Gasteiger partial charge in [-0.1, -0.05) is 25.3 Å². The normalized spacial score (nSPS) is 21.5. The number of amides is 1. The van der Waals surface area contributed by atoms with Crippen LogP contribution in [0.4, 0.5) is 5.82 Å². The lowest BCUT2D eigenvalue weighted by molar-refractivity contribution is -0.127. The van der Waals surface area contributed by atoms with E-state index in [1.807, 2.05) is 19.2 Å². The number of aryl methyl sites for hydroxylation is 1. The van der Waals surface area contributed by atoms with Gasteiger partial charge >= 0.3 is 0 Å². The summed E-state index contributed by atoms with van der Waals surface area (Å²) in [7, 11) is 0. The fourth-order valence-corrected chi connectivity index (χ4v) is 3.80. The molecule has 5 heteroatoms. The standard InChI is InChI=1S/C19H29N3O2/c1-15-5-6-17(20-13-15)22-11-7-16(8-12-22)18(23)21-14-19(24)9-3-2-4-10-19/h5-6,13,16,24H,2-4,7-12,14H2,1H3,(H,21,23). The van der Waals surface area contributed by atoms with Crippen LogP contribution in [0.2, 0.25) is 0 Å². The van der Waals surface area contributed by atoms with Gasteiger partial charge in [0, 0.05) is 31.7 Å². The highest BCUT2D eigenvalue weighted by molar-refractivity contribution is 5.79. The highest BCUT2D eigenvalue weighted by Gasteiger charge is 2.31. The van der Waals surface area contributed by atoms with Gasteiger partial charge in [0.05, 0.1) is 5.60 Å². The summed E-state index contributed by atoms with van der Waals surface area (Å²) in [6.07, 6.45) is 8.53. The van der Waals surface area contributed by atoms with Crippen molar-refractivity contribution in [2.24, 2.45) is 5.92 Å². The van der Waals surface area contributed by atoms with Crippen LogP contribution in [0.3, 0.4) is 0 Å². The fourth-order valence-electron chi connectivity index (χ4n) is 3.80. The Kier molecular flexibility index (Phi) is 5.39. The molecule has 0 atom stereocenters. The highest BCUT2D eigenvalue weighted by atomic mass is 16.3. The quantitative estimate of drug-likeness (QED) is 0.889. The van der Waals surface area contributed by atoms with Crippen molar-refractivity contribution in [1.82, 2.24) is 10.3 Å². The molecule has 2 heterocycles. The second-order valence-corrected chi connectivity index (χ2v) is 7.46. The number of carbonyl (C=O) groups excluding carboxylic acids is 1. The molecular formula is C19H29N3O2. The molecule has 2 fully saturated rings. The Balaban J connectivity index is 1.45. The number of hydrogen-bond donors (Lipinski definition) is 2. The van der Waals surface area contributed by atoms with Gasteiger partial charge in [0.15, 0.2) is 0 Å². The number of anilines is 1. The van der Waals surface area contributed by atoms with E-state index in [4.69, 9.17) is 0 Å². The van der Waals surface area contributed by atoms with E-state index in [0.717, 1.165) is 63.0 Å². The van der Waals surface area contributed by atoms with E-state index >= 15 is 0 Å². The van der Waals surface area contributed by atoms with Gasteiger partial charge in [0.1, 0.15) is 5.82 Å². The lowest BCUT2D eigenvalue weighted by Crippen LogP contribution is -2.47. The maximum Gasteiger partial charge on any atom is 0.223 e. The Hall–Kier alpha value is -1.62. The Morgan fingerprint density at radius 3 is 2.62 bits per heavy atom. The third-order valence-electron chi connectivity index (χ3n) is 5.46. The zero-order valence-electron chi connectivity index (χ0n) is 14.6. The molecule has 0 spiro atoms. The van der Waals surface area contributed by atoms with Crippen molar-refractivity contribution in [1.29, 1.82) is 0 Å². The highest BCUT2D eigenvalue weighted by Crippen LogP contribution is 2.28. The average Bonchev–Trinajstić information content (AvgIpc) is 2.61. The molecule has 0 radical (unpaired) electrons. The molecule has 1 aliphatic carbocycles. The third-order valence-corrected chi connectivity index (χ3v) is 5.46. The summed E-state index contributed by atoms with van der Waals surface area (Å²) < 4.78 is 0. The predicted octanol–water partition coefficient (Wildman–Crippen LogP) is 2.42. The van der Waals surface area contributed by atoms with E-state index in [1.54, 1.807) is 0 Å². The maximum absolute atomic E-state index is 12.4. The van der Waals surface area contributed by atoms with Gasteiger partial charge < -0.3 is 15.3 Å². The van der Waals surface area contributed by atoms with Crippen molar-refractivity contribution in [3.63, 3.8) is 0 Å². The first-order valence-corrected chi connectivity index (χ1v) is 9.23. The summed E-state index contributed by atoms with van der Waals surface area (Å²) in [6, 6.07) is 4.13. The molecule has 0 aromatic carbocycles. The minimum Gasteiger partial charge on any atom is -0.388 e. The van der Waals surface area contributed by atoms with Crippen molar-refractivity contribution < 1.29 is 9.90 Å². The largest absolute Gasteiger partial charge is 0.388 e.